The summed E-state index contributed by atoms with van der Waals surface area (Å²) in [6.45, 7) is 0.332. The number of anilines is 1. The largest absolute Gasteiger partial charge is 0.443 e. The van der Waals surface area contributed by atoms with Gasteiger partial charge in [-0.15, -0.1) is 5.10 Å². The highest BCUT2D eigenvalue weighted by atomic mass is 19.4. The molecule has 1 fully saturated rings. The van der Waals surface area contributed by atoms with Crippen LogP contribution in [0.1, 0.15) is 17.5 Å². The number of aliphatic hydroxyl groups is 1. The van der Waals surface area contributed by atoms with Gasteiger partial charge in [-0.1, -0.05) is 0 Å². The highest BCUT2D eigenvalue weighted by Crippen LogP contribution is 2.40. The first-order valence-corrected chi connectivity index (χ1v) is 6.74. The number of alkyl halides is 3. The van der Waals surface area contributed by atoms with E-state index in [2.05, 4.69) is 10.5 Å². The molecule has 0 aliphatic carbocycles. The van der Waals surface area contributed by atoms with Gasteiger partial charge in [0.1, 0.15) is 6.26 Å². The smallest absolute Gasteiger partial charge is 0.418 e. The van der Waals surface area contributed by atoms with Gasteiger partial charge in [-0.3, -0.25) is 5.43 Å². The van der Waals surface area contributed by atoms with Crippen molar-refractivity contribution in [2.45, 2.75) is 18.6 Å². The van der Waals surface area contributed by atoms with E-state index in [1.165, 1.54) is 24.6 Å². The Bertz CT molecular complexity index is 626. The van der Waals surface area contributed by atoms with Crippen LogP contribution in [0.5, 0.6) is 0 Å². The lowest BCUT2D eigenvalue weighted by Gasteiger charge is -2.43. The molecular formula is C14H14F3N3O2. The number of nitrogens with zero attached hydrogens (tertiary/aromatic N) is 2. The van der Waals surface area contributed by atoms with E-state index in [4.69, 9.17) is 4.74 Å². The predicted octanol–water partition coefficient (Wildman–Crippen LogP) is 2.03. The van der Waals surface area contributed by atoms with Crippen LogP contribution in [0.3, 0.4) is 0 Å². The van der Waals surface area contributed by atoms with Crippen molar-refractivity contribution in [2.24, 2.45) is 5.10 Å². The van der Waals surface area contributed by atoms with Crippen LogP contribution in [0, 0.1) is 0 Å². The Morgan fingerprint density at radius 2 is 2.23 bits per heavy atom. The molecule has 22 heavy (non-hydrogen) atoms. The highest BCUT2D eigenvalue weighted by Gasteiger charge is 2.39. The number of hydrogen-bond acceptors (Lipinski definition) is 5. The van der Waals surface area contributed by atoms with Crippen LogP contribution in [-0.2, 0) is 10.9 Å². The second-order valence-corrected chi connectivity index (χ2v) is 5.01. The number of hydrazone groups is 1. The second-order valence-electron chi connectivity index (χ2n) is 5.01. The van der Waals surface area contributed by atoms with Crippen LogP contribution < -0.4 is 10.3 Å². The number of rotatable bonds is 3. The molecule has 3 rings (SSSR count). The Hall–Kier alpha value is -2.22. The molecule has 8 heteroatoms. The Morgan fingerprint density at radius 1 is 1.41 bits per heavy atom. The van der Waals surface area contributed by atoms with Crippen LogP contribution in [0.15, 0.2) is 35.8 Å². The number of aliphatic hydroxyl groups excluding tert-OH is 1. The monoisotopic (exact) mass is 313 g/mol. The van der Waals surface area contributed by atoms with Gasteiger partial charge in [-0.2, -0.15) is 13.2 Å². The minimum absolute atomic E-state index is 0.0708. The van der Waals surface area contributed by atoms with Crippen molar-refractivity contribution in [3.8, 4) is 0 Å². The first-order chi connectivity index (χ1) is 10.5. The van der Waals surface area contributed by atoms with E-state index in [0.717, 1.165) is 6.07 Å². The number of halogens is 3. The molecule has 2 heterocycles. The molecule has 0 radical (unpaired) electrons. The third-order valence-corrected chi connectivity index (χ3v) is 3.70. The van der Waals surface area contributed by atoms with Gasteiger partial charge in [-0.25, -0.2) is 0 Å². The van der Waals surface area contributed by atoms with E-state index in [-0.39, 0.29) is 29.8 Å². The summed E-state index contributed by atoms with van der Waals surface area (Å²) in [5.41, 5.74) is 2.07. The lowest BCUT2D eigenvalue weighted by atomic mass is 9.98. The minimum atomic E-state index is -4.50. The Morgan fingerprint density at radius 3 is 2.77 bits per heavy atom. The molecule has 0 saturated carbocycles. The minimum Gasteiger partial charge on any atom is -0.443 e. The molecule has 5 nitrogen and oxygen atoms in total. The lowest BCUT2D eigenvalue weighted by molar-refractivity contribution is -0.137. The molecule has 118 valence electrons. The van der Waals surface area contributed by atoms with Crippen LogP contribution in [0.25, 0.3) is 0 Å². The van der Waals surface area contributed by atoms with Crippen molar-refractivity contribution in [1.29, 1.82) is 0 Å². The summed E-state index contributed by atoms with van der Waals surface area (Å²) in [7, 11) is 0. The van der Waals surface area contributed by atoms with Crippen LogP contribution in [-0.4, -0.2) is 30.2 Å². The molecule has 1 aromatic rings. The van der Waals surface area contributed by atoms with Crippen molar-refractivity contribution in [2.75, 3.05) is 18.1 Å². The summed E-state index contributed by atoms with van der Waals surface area (Å²) in [5.74, 6) is 0.0712. The first kappa shape index (κ1) is 14.7. The van der Waals surface area contributed by atoms with Gasteiger partial charge in [-0.05, 0) is 24.6 Å². The zero-order valence-electron chi connectivity index (χ0n) is 11.5. The van der Waals surface area contributed by atoms with Gasteiger partial charge < -0.3 is 14.7 Å². The quantitative estimate of drug-likeness (QED) is 0.896. The van der Waals surface area contributed by atoms with Gasteiger partial charge in [0.2, 0.25) is 5.90 Å². The molecule has 0 amide bonds. The van der Waals surface area contributed by atoms with E-state index in [0.29, 0.717) is 13.0 Å². The number of nitrogens with one attached hydrogen (secondary N) is 1. The van der Waals surface area contributed by atoms with E-state index in [1.54, 1.807) is 4.90 Å². The van der Waals surface area contributed by atoms with Crippen molar-refractivity contribution in [1.82, 2.24) is 5.43 Å². The van der Waals surface area contributed by atoms with Crippen LogP contribution in [0.2, 0.25) is 0 Å². The predicted molar refractivity (Wildman–Crippen MR) is 74.2 cm³/mol. The van der Waals surface area contributed by atoms with Gasteiger partial charge in [0, 0.05) is 17.8 Å². The average molecular weight is 313 g/mol. The number of benzene rings is 1. The molecule has 0 bridgehead atoms. The summed E-state index contributed by atoms with van der Waals surface area (Å²) < 4.78 is 45.1. The molecular weight excluding hydrogens is 299 g/mol. The molecule has 2 aliphatic rings. The average Bonchev–Trinajstić information content (AvgIpc) is 2.47. The first-order valence-electron chi connectivity index (χ1n) is 6.74. The number of hydrogen-bond donors (Lipinski definition) is 2. The van der Waals surface area contributed by atoms with Gasteiger partial charge in [0.05, 0.1) is 24.4 Å². The highest BCUT2D eigenvalue weighted by molar-refractivity contribution is 5.95. The summed E-state index contributed by atoms with van der Waals surface area (Å²) in [6, 6.07) is 3.67. The fraction of sp³-hybridized carbons (Fsp3) is 0.357. The van der Waals surface area contributed by atoms with Gasteiger partial charge >= 0.3 is 6.18 Å². The van der Waals surface area contributed by atoms with E-state index in [9.17, 15) is 18.3 Å². The molecule has 0 spiro atoms. The summed E-state index contributed by atoms with van der Waals surface area (Å²) in [6.07, 6.45) is -1.09. The Balaban J connectivity index is 1.99. The molecule has 2 N–H and O–H groups in total. The van der Waals surface area contributed by atoms with E-state index >= 15 is 0 Å². The molecule has 0 aromatic heterocycles. The lowest BCUT2D eigenvalue weighted by Crippen LogP contribution is -2.50. The molecule has 1 atom stereocenters. The van der Waals surface area contributed by atoms with Gasteiger partial charge in [0.25, 0.3) is 0 Å². The van der Waals surface area contributed by atoms with Crippen molar-refractivity contribution in [3.63, 3.8) is 0 Å². The van der Waals surface area contributed by atoms with E-state index < -0.39 is 11.7 Å². The zero-order chi connectivity index (χ0) is 15.7. The third kappa shape index (κ3) is 2.61. The summed E-state index contributed by atoms with van der Waals surface area (Å²) >= 11 is 0. The van der Waals surface area contributed by atoms with Gasteiger partial charge in [0.15, 0.2) is 0 Å². The zero-order valence-corrected chi connectivity index (χ0v) is 11.5. The van der Waals surface area contributed by atoms with Crippen LogP contribution >= 0.6 is 0 Å². The second kappa shape index (κ2) is 5.53. The summed E-state index contributed by atoms with van der Waals surface area (Å²) in [4.78, 5) is 1.56. The van der Waals surface area contributed by atoms with E-state index in [1.807, 2.05) is 0 Å². The van der Waals surface area contributed by atoms with Crippen LogP contribution in [0.4, 0.5) is 18.9 Å². The third-order valence-electron chi connectivity index (χ3n) is 3.70. The Kier molecular flexibility index (Phi) is 3.69. The van der Waals surface area contributed by atoms with Crippen molar-refractivity contribution in [3.05, 3.63) is 41.8 Å². The maximum Gasteiger partial charge on any atom is 0.418 e. The topological polar surface area (TPSA) is 57.1 Å². The molecule has 2 aliphatic heterocycles. The fourth-order valence-corrected chi connectivity index (χ4v) is 2.48. The normalized spacial score (nSPS) is 20.8. The standard InChI is InChI=1S/C14H14F3N3O2/c15-14(16,17)11-7-9(13-19-18-4-6-22-13)1-2-12(11)20-5-3-10(20)8-21/h1-2,4,6-7,10,18,21H,3,5,8H2/t10-/m1/s1. The maximum atomic E-state index is 13.3. The molecule has 0 unspecified atom stereocenters. The fourth-order valence-electron chi connectivity index (χ4n) is 2.48. The molecule has 1 aromatic carbocycles. The van der Waals surface area contributed by atoms with Crippen molar-refractivity contribution >= 4 is 11.6 Å². The maximum absolute atomic E-state index is 13.3. The number of ether oxygens (including phenoxy) is 1. The summed E-state index contributed by atoms with van der Waals surface area (Å²) in [5, 5.41) is 13.0. The van der Waals surface area contributed by atoms with Crippen molar-refractivity contribution < 1.29 is 23.0 Å². The molecule has 1 saturated heterocycles. The SMILES string of the molecule is OC[C@H]1CCN1c1ccc(C2=NNC=CO2)cc1C(F)(F)F. The Labute approximate surface area is 124 Å².